The molecule has 1 aliphatic heterocycles. The third-order valence-corrected chi connectivity index (χ3v) is 3.07. The Morgan fingerprint density at radius 3 is 2.44 bits per heavy atom. The van der Waals surface area contributed by atoms with Crippen molar-refractivity contribution in [1.29, 1.82) is 0 Å². The van der Waals surface area contributed by atoms with Crippen molar-refractivity contribution in [3.05, 3.63) is 35.6 Å². The Labute approximate surface area is 103 Å². The Bertz CT molecular complexity index is 411. The summed E-state index contributed by atoms with van der Waals surface area (Å²) in [7, 11) is 0. The summed E-state index contributed by atoms with van der Waals surface area (Å²) in [6.07, 6.45) is -6.23. The van der Waals surface area contributed by atoms with Gasteiger partial charge in [0, 0.05) is 0 Å². The van der Waals surface area contributed by atoms with Gasteiger partial charge in [0.1, 0.15) is 36.3 Å². The molecule has 0 amide bonds. The van der Waals surface area contributed by atoms with Gasteiger partial charge in [0.15, 0.2) is 0 Å². The van der Waals surface area contributed by atoms with Crippen LogP contribution in [0.4, 0.5) is 4.39 Å². The van der Waals surface area contributed by atoms with Gasteiger partial charge < -0.3 is 25.2 Å². The van der Waals surface area contributed by atoms with Crippen LogP contribution in [-0.4, -0.2) is 51.4 Å². The first-order valence-corrected chi connectivity index (χ1v) is 5.60. The third-order valence-electron chi connectivity index (χ3n) is 3.07. The summed E-state index contributed by atoms with van der Waals surface area (Å²) < 4.78 is 18.4. The van der Waals surface area contributed by atoms with Crippen LogP contribution in [0.1, 0.15) is 11.7 Å². The lowest BCUT2D eigenvalue weighted by Gasteiger charge is -2.40. The Morgan fingerprint density at radius 2 is 1.83 bits per heavy atom. The first kappa shape index (κ1) is 13.4. The van der Waals surface area contributed by atoms with Crippen molar-refractivity contribution in [3.8, 4) is 0 Å². The molecule has 5 atom stereocenters. The molecule has 0 bridgehead atoms. The van der Waals surface area contributed by atoms with Gasteiger partial charge in [-0.05, 0) is 17.7 Å². The highest BCUT2D eigenvalue weighted by molar-refractivity contribution is 5.21. The Morgan fingerprint density at radius 1 is 1.11 bits per heavy atom. The monoisotopic (exact) mass is 258 g/mol. The Balaban J connectivity index is 2.27. The summed E-state index contributed by atoms with van der Waals surface area (Å²) in [5.74, 6) is -0.496. The fourth-order valence-electron chi connectivity index (χ4n) is 2.06. The highest BCUT2D eigenvalue weighted by atomic mass is 19.1. The van der Waals surface area contributed by atoms with Crippen LogP contribution in [0.25, 0.3) is 0 Å². The number of aliphatic hydroxyl groups is 4. The summed E-state index contributed by atoms with van der Waals surface area (Å²) in [4.78, 5) is 0. The molecule has 1 aromatic carbocycles. The lowest BCUT2D eigenvalue weighted by atomic mass is 9.91. The van der Waals surface area contributed by atoms with Crippen molar-refractivity contribution >= 4 is 0 Å². The number of halogens is 1. The lowest BCUT2D eigenvalue weighted by molar-refractivity contribution is -0.231. The van der Waals surface area contributed by atoms with Gasteiger partial charge in [0.2, 0.25) is 0 Å². The first-order valence-electron chi connectivity index (χ1n) is 5.60. The molecule has 1 saturated heterocycles. The molecule has 0 aromatic heterocycles. The smallest absolute Gasteiger partial charge is 0.123 e. The molecule has 0 aliphatic carbocycles. The molecule has 18 heavy (non-hydrogen) atoms. The van der Waals surface area contributed by atoms with Gasteiger partial charge in [-0.2, -0.15) is 0 Å². The van der Waals surface area contributed by atoms with Crippen LogP contribution in [0, 0.1) is 5.82 Å². The van der Waals surface area contributed by atoms with E-state index in [0.717, 1.165) is 0 Å². The summed E-state index contributed by atoms with van der Waals surface area (Å²) in [6.45, 7) is -0.503. The van der Waals surface area contributed by atoms with Crippen LogP contribution in [-0.2, 0) is 4.74 Å². The number of hydrogen-bond acceptors (Lipinski definition) is 5. The van der Waals surface area contributed by atoms with Crippen LogP contribution < -0.4 is 0 Å². The van der Waals surface area contributed by atoms with Gasteiger partial charge in [-0.15, -0.1) is 0 Å². The quantitative estimate of drug-likeness (QED) is 0.565. The maximum atomic E-state index is 13.1. The van der Waals surface area contributed by atoms with Crippen LogP contribution in [0.15, 0.2) is 24.3 Å². The minimum absolute atomic E-state index is 0.340. The van der Waals surface area contributed by atoms with E-state index in [-0.39, 0.29) is 0 Å². The van der Waals surface area contributed by atoms with E-state index >= 15 is 0 Å². The summed E-state index contributed by atoms with van der Waals surface area (Å²) in [5.41, 5.74) is 0.340. The molecule has 6 heteroatoms. The van der Waals surface area contributed by atoms with Gasteiger partial charge in [-0.3, -0.25) is 0 Å². The van der Waals surface area contributed by atoms with Crippen LogP contribution in [0.5, 0.6) is 0 Å². The van der Waals surface area contributed by atoms with Crippen molar-refractivity contribution in [1.82, 2.24) is 0 Å². The zero-order chi connectivity index (χ0) is 13.3. The number of hydrogen-bond donors (Lipinski definition) is 4. The molecule has 0 saturated carbocycles. The molecule has 1 fully saturated rings. The molecule has 1 aromatic rings. The standard InChI is InChI=1S/C12H15FO5/c13-7-3-1-2-6(4-7)12-11(17)10(16)9(15)8(5-14)18-12/h1-4,8-12,14-17H,5H2/t8-,9-,10+,11+,12-/m1/s1. The van der Waals surface area contributed by atoms with E-state index in [0.29, 0.717) is 5.56 Å². The maximum Gasteiger partial charge on any atom is 0.123 e. The highest BCUT2D eigenvalue weighted by Crippen LogP contribution is 2.32. The molecule has 4 N–H and O–H groups in total. The van der Waals surface area contributed by atoms with Crippen LogP contribution >= 0.6 is 0 Å². The first-order chi connectivity index (χ1) is 8.54. The minimum Gasteiger partial charge on any atom is -0.394 e. The normalized spacial score (nSPS) is 36.6. The van der Waals surface area contributed by atoms with Crippen LogP contribution in [0.3, 0.4) is 0 Å². The summed E-state index contributed by atoms with van der Waals surface area (Å²) in [6, 6.07) is 5.40. The summed E-state index contributed by atoms with van der Waals surface area (Å²) >= 11 is 0. The van der Waals surface area contributed by atoms with Crippen molar-refractivity contribution < 1.29 is 29.6 Å². The molecule has 1 aliphatic rings. The second-order valence-corrected chi connectivity index (χ2v) is 4.30. The van der Waals surface area contributed by atoms with Crippen molar-refractivity contribution in [2.24, 2.45) is 0 Å². The lowest BCUT2D eigenvalue weighted by Crippen LogP contribution is -2.55. The van der Waals surface area contributed by atoms with E-state index in [4.69, 9.17) is 9.84 Å². The average molecular weight is 258 g/mol. The van der Waals surface area contributed by atoms with E-state index in [1.165, 1.54) is 24.3 Å². The van der Waals surface area contributed by atoms with Gasteiger partial charge in [-0.1, -0.05) is 12.1 Å². The second-order valence-electron chi connectivity index (χ2n) is 4.30. The van der Waals surface area contributed by atoms with Crippen molar-refractivity contribution in [2.75, 3.05) is 6.61 Å². The third kappa shape index (κ3) is 2.38. The van der Waals surface area contributed by atoms with E-state index < -0.39 is 42.9 Å². The van der Waals surface area contributed by atoms with E-state index in [1.54, 1.807) is 0 Å². The van der Waals surface area contributed by atoms with Gasteiger partial charge in [0.25, 0.3) is 0 Å². The SMILES string of the molecule is OC[C@H]1O[C@H](c2cccc(F)c2)[C@@H](O)[C@@H](O)[C@@H]1O. The number of benzene rings is 1. The fraction of sp³-hybridized carbons (Fsp3) is 0.500. The van der Waals surface area contributed by atoms with Crippen molar-refractivity contribution in [2.45, 2.75) is 30.5 Å². The largest absolute Gasteiger partial charge is 0.394 e. The zero-order valence-corrected chi connectivity index (χ0v) is 9.48. The predicted octanol–water partition coefficient (Wildman–Crippen LogP) is -0.659. The number of aliphatic hydroxyl groups excluding tert-OH is 4. The molecule has 0 radical (unpaired) electrons. The van der Waals surface area contributed by atoms with E-state index in [1.807, 2.05) is 0 Å². The molecule has 100 valence electrons. The highest BCUT2D eigenvalue weighted by Gasteiger charge is 2.43. The molecular formula is C12H15FO5. The predicted molar refractivity (Wildman–Crippen MR) is 59.1 cm³/mol. The topological polar surface area (TPSA) is 90.2 Å². The van der Waals surface area contributed by atoms with Crippen LogP contribution in [0.2, 0.25) is 0 Å². The van der Waals surface area contributed by atoms with Gasteiger partial charge in [0.05, 0.1) is 6.61 Å². The Hall–Kier alpha value is -1.05. The number of rotatable bonds is 2. The molecule has 1 heterocycles. The second kappa shape index (κ2) is 5.29. The minimum atomic E-state index is -1.45. The average Bonchev–Trinajstić information content (AvgIpc) is 2.36. The van der Waals surface area contributed by atoms with Crippen molar-refractivity contribution in [3.63, 3.8) is 0 Å². The molecule has 0 spiro atoms. The maximum absolute atomic E-state index is 13.1. The van der Waals surface area contributed by atoms with E-state index in [9.17, 15) is 19.7 Å². The summed E-state index contributed by atoms with van der Waals surface area (Å²) in [5, 5.41) is 38.1. The molecular weight excluding hydrogens is 243 g/mol. The fourth-order valence-corrected chi connectivity index (χ4v) is 2.06. The van der Waals surface area contributed by atoms with Gasteiger partial charge >= 0.3 is 0 Å². The molecule has 2 rings (SSSR count). The zero-order valence-electron chi connectivity index (χ0n) is 9.48. The van der Waals surface area contributed by atoms with Gasteiger partial charge in [-0.25, -0.2) is 4.39 Å². The number of ether oxygens (including phenoxy) is 1. The molecule has 5 nitrogen and oxygen atoms in total. The molecule has 0 unspecified atom stereocenters. The Kier molecular flexibility index (Phi) is 3.94. The van der Waals surface area contributed by atoms with E-state index in [2.05, 4.69) is 0 Å².